The Morgan fingerprint density at radius 3 is 3.00 bits per heavy atom. The van der Waals surface area contributed by atoms with Gasteiger partial charge in [0.1, 0.15) is 0 Å². The lowest BCUT2D eigenvalue weighted by molar-refractivity contribution is 1.08. The van der Waals surface area contributed by atoms with Crippen LogP contribution in [0.15, 0.2) is 35.4 Å². The summed E-state index contributed by atoms with van der Waals surface area (Å²) in [5.74, 6) is 5.39. The molecule has 2 heterocycles. The number of pyridine rings is 1. The summed E-state index contributed by atoms with van der Waals surface area (Å²) in [5, 5.41) is 0. The average molecular weight is 203 g/mol. The molecule has 2 aromatic rings. The van der Waals surface area contributed by atoms with Crippen molar-refractivity contribution in [1.82, 2.24) is 15.0 Å². The van der Waals surface area contributed by atoms with Crippen LogP contribution in [0.4, 0.5) is 5.95 Å². The summed E-state index contributed by atoms with van der Waals surface area (Å²) in [6.07, 6.45) is 3.28. The van der Waals surface area contributed by atoms with Gasteiger partial charge in [0, 0.05) is 24.0 Å². The number of nitrogens with zero attached hydrogens (tertiary/aromatic N) is 2. The third-order valence-electron chi connectivity index (χ3n) is 1.84. The topological polar surface area (TPSA) is 96.7 Å². The van der Waals surface area contributed by atoms with Gasteiger partial charge in [0.15, 0.2) is 0 Å². The normalized spacial score (nSPS) is 9.93. The van der Waals surface area contributed by atoms with Crippen LogP contribution in [0.1, 0.15) is 0 Å². The van der Waals surface area contributed by atoms with Gasteiger partial charge in [0.2, 0.25) is 5.95 Å². The van der Waals surface area contributed by atoms with E-state index in [2.05, 4.69) is 20.4 Å². The molecule has 2 rings (SSSR count). The minimum Gasteiger partial charge on any atom is -0.294 e. The molecule has 15 heavy (non-hydrogen) atoms. The highest BCUT2D eigenvalue weighted by molar-refractivity contribution is 5.58. The Balaban J connectivity index is 2.54. The minimum atomic E-state index is -0.267. The molecule has 0 saturated heterocycles. The third kappa shape index (κ3) is 2.00. The van der Waals surface area contributed by atoms with E-state index in [-0.39, 0.29) is 11.5 Å². The number of H-pyrrole nitrogens is 1. The second-order valence-electron chi connectivity index (χ2n) is 2.87. The van der Waals surface area contributed by atoms with Gasteiger partial charge < -0.3 is 0 Å². The first-order valence-electron chi connectivity index (χ1n) is 4.28. The van der Waals surface area contributed by atoms with Crippen molar-refractivity contribution in [3.63, 3.8) is 0 Å². The summed E-state index contributed by atoms with van der Waals surface area (Å²) in [4.78, 5) is 21.7. The number of aromatic amines is 1. The van der Waals surface area contributed by atoms with Gasteiger partial charge in [-0.25, -0.2) is 10.8 Å². The van der Waals surface area contributed by atoms with Crippen molar-refractivity contribution >= 4 is 5.95 Å². The zero-order valence-electron chi connectivity index (χ0n) is 7.77. The van der Waals surface area contributed by atoms with Crippen molar-refractivity contribution in [2.75, 3.05) is 5.43 Å². The molecule has 0 radical (unpaired) electrons. The maximum Gasteiger partial charge on any atom is 0.252 e. The van der Waals surface area contributed by atoms with Gasteiger partial charge in [0.25, 0.3) is 5.56 Å². The van der Waals surface area contributed by atoms with E-state index < -0.39 is 0 Å². The second-order valence-corrected chi connectivity index (χ2v) is 2.87. The van der Waals surface area contributed by atoms with Gasteiger partial charge in [0.05, 0.1) is 5.69 Å². The smallest absolute Gasteiger partial charge is 0.252 e. The van der Waals surface area contributed by atoms with Crippen LogP contribution in [0.25, 0.3) is 11.3 Å². The molecule has 0 bridgehead atoms. The molecule has 2 aromatic heterocycles. The van der Waals surface area contributed by atoms with Gasteiger partial charge in [-0.2, -0.15) is 0 Å². The van der Waals surface area contributed by atoms with E-state index in [1.54, 1.807) is 18.5 Å². The molecule has 0 aliphatic heterocycles. The molecule has 0 fully saturated rings. The van der Waals surface area contributed by atoms with Gasteiger partial charge in [-0.15, -0.1) is 0 Å². The lowest BCUT2D eigenvalue weighted by Crippen LogP contribution is -2.16. The number of nitrogens with two attached hydrogens (primary N) is 1. The summed E-state index contributed by atoms with van der Waals surface area (Å²) < 4.78 is 0. The highest BCUT2D eigenvalue weighted by atomic mass is 16.1. The molecule has 0 spiro atoms. The van der Waals surface area contributed by atoms with Gasteiger partial charge in [-0.3, -0.25) is 20.2 Å². The van der Waals surface area contributed by atoms with E-state index in [9.17, 15) is 4.79 Å². The number of rotatable bonds is 2. The lowest BCUT2D eigenvalue weighted by atomic mass is 10.2. The number of hydrazine groups is 1. The van der Waals surface area contributed by atoms with Crippen LogP contribution in [0.2, 0.25) is 0 Å². The van der Waals surface area contributed by atoms with Crippen LogP contribution in [-0.4, -0.2) is 15.0 Å². The fourth-order valence-electron chi connectivity index (χ4n) is 1.19. The fraction of sp³-hybridized carbons (Fsp3) is 0. The minimum absolute atomic E-state index is 0.223. The fourth-order valence-corrected chi connectivity index (χ4v) is 1.19. The van der Waals surface area contributed by atoms with Crippen molar-refractivity contribution in [2.24, 2.45) is 5.84 Å². The molecule has 0 atom stereocenters. The quantitative estimate of drug-likeness (QED) is 0.475. The first-order valence-corrected chi connectivity index (χ1v) is 4.28. The van der Waals surface area contributed by atoms with E-state index in [0.29, 0.717) is 5.69 Å². The summed E-state index contributed by atoms with van der Waals surface area (Å²) in [7, 11) is 0. The predicted octanol–water partition coefficient (Wildman–Crippen LogP) is 0.117. The van der Waals surface area contributed by atoms with E-state index >= 15 is 0 Å². The Morgan fingerprint density at radius 2 is 2.33 bits per heavy atom. The standard InChI is InChI=1S/C9H9N5O/c10-14-9-12-7(4-8(15)13-9)6-2-1-3-11-5-6/h1-5H,10H2,(H2,12,13,14,15). The number of hydrogen-bond donors (Lipinski definition) is 3. The van der Waals surface area contributed by atoms with Crippen LogP contribution in [-0.2, 0) is 0 Å². The van der Waals surface area contributed by atoms with E-state index in [1.807, 2.05) is 6.07 Å². The van der Waals surface area contributed by atoms with Gasteiger partial charge >= 0.3 is 0 Å². The lowest BCUT2D eigenvalue weighted by Gasteiger charge is -2.02. The molecule has 6 nitrogen and oxygen atoms in total. The predicted molar refractivity (Wildman–Crippen MR) is 55.9 cm³/mol. The monoisotopic (exact) mass is 203 g/mol. The molecule has 76 valence electrons. The van der Waals surface area contributed by atoms with Crippen LogP contribution in [0.3, 0.4) is 0 Å². The SMILES string of the molecule is NNc1nc(-c2cccnc2)cc(=O)[nH]1. The number of nitrogens with one attached hydrogen (secondary N) is 2. The van der Waals surface area contributed by atoms with E-state index in [0.717, 1.165) is 5.56 Å². The highest BCUT2D eigenvalue weighted by Crippen LogP contribution is 2.13. The highest BCUT2D eigenvalue weighted by Gasteiger charge is 2.02. The summed E-state index contributed by atoms with van der Waals surface area (Å²) in [6, 6.07) is 4.97. The van der Waals surface area contributed by atoms with Crippen molar-refractivity contribution in [3.8, 4) is 11.3 Å². The number of nitrogen functional groups attached to an aromatic ring is 1. The second kappa shape index (κ2) is 3.89. The number of anilines is 1. The molecule has 6 heteroatoms. The van der Waals surface area contributed by atoms with Crippen molar-refractivity contribution < 1.29 is 0 Å². The molecule has 0 amide bonds. The van der Waals surface area contributed by atoms with E-state index in [4.69, 9.17) is 5.84 Å². The maximum absolute atomic E-state index is 11.2. The van der Waals surface area contributed by atoms with Crippen LogP contribution >= 0.6 is 0 Å². The Hall–Kier alpha value is -2.21. The summed E-state index contributed by atoms with van der Waals surface area (Å²) >= 11 is 0. The van der Waals surface area contributed by atoms with Crippen LogP contribution in [0, 0.1) is 0 Å². The van der Waals surface area contributed by atoms with Gasteiger partial charge in [-0.1, -0.05) is 0 Å². The Bertz CT molecular complexity index is 507. The molecule has 0 saturated carbocycles. The zero-order valence-corrected chi connectivity index (χ0v) is 7.77. The third-order valence-corrected chi connectivity index (χ3v) is 1.84. The van der Waals surface area contributed by atoms with Gasteiger partial charge in [-0.05, 0) is 12.1 Å². The molecule has 0 aliphatic carbocycles. The Kier molecular flexibility index (Phi) is 2.42. The largest absolute Gasteiger partial charge is 0.294 e. The van der Waals surface area contributed by atoms with Crippen molar-refractivity contribution in [3.05, 3.63) is 40.9 Å². The average Bonchev–Trinajstić information content (AvgIpc) is 2.29. The number of hydrogen-bond acceptors (Lipinski definition) is 5. The summed E-state index contributed by atoms with van der Waals surface area (Å²) in [6.45, 7) is 0. The van der Waals surface area contributed by atoms with E-state index in [1.165, 1.54) is 6.07 Å². The molecule has 4 N–H and O–H groups in total. The van der Waals surface area contributed by atoms with Crippen molar-refractivity contribution in [2.45, 2.75) is 0 Å². The summed E-state index contributed by atoms with van der Waals surface area (Å²) in [5.41, 5.74) is 3.32. The first-order chi connectivity index (χ1) is 7.29. The zero-order chi connectivity index (χ0) is 10.7. The maximum atomic E-state index is 11.2. The molecular weight excluding hydrogens is 194 g/mol. The molecule has 0 aliphatic rings. The van der Waals surface area contributed by atoms with Crippen molar-refractivity contribution in [1.29, 1.82) is 0 Å². The Labute approximate surface area is 85.2 Å². The molecule has 0 aromatic carbocycles. The van der Waals surface area contributed by atoms with Crippen LogP contribution < -0.4 is 16.8 Å². The Morgan fingerprint density at radius 1 is 1.47 bits per heavy atom. The number of aromatic nitrogens is 3. The molecular formula is C9H9N5O. The molecule has 0 unspecified atom stereocenters. The first kappa shape index (κ1) is 9.35. The van der Waals surface area contributed by atoms with Crippen LogP contribution in [0.5, 0.6) is 0 Å².